The van der Waals surface area contributed by atoms with Crippen molar-refractivity contribution in [2.75, 3.05) is 26.2 Å². The number of nitrogens with one attached hydrogen (secondary N) is 1. The van der Waals surface area contributed by atoms with E-state index in [1.54, 1.807) is 31.2 Å². The highest BCUT2D eigenvalue weighted by Gasteiger charge is 2.30. The van der Waals surface area contributed by atoms with Crippen molar-refractivity contribution >= 4 is 5.96 Å². The fourth-order valence-electron chi connectivity index (χ4n) is 3.30. The maximum atomic E-state index is 13.3. The highest BCUT2D eigenvalue weighted by molar-refractivity contribution is 5.80. The van der Waals surface area contributed by atoms with E-state index in [1.165, 1.54) is 18.4 Å². The van der Waals surface area contributed by atoms with Crippen molar-refractivity contribution in [3.05, 3.63) is 59.8 Å². The molecule has 6 nitrogen and oxygen atoms in total. The summed E-state index contributed by atoms with van der Waals surface area (Å²) >= 11 is 0. The Labute approximate surface area is 165 Å². The summed E-state index contributed by atoms with van der Waals surface area (Å²) in [6, 6.07) is 9.88. The zero-order valence-electron chi connectivity index (χ0n) is 16.6. The maximum absolute atomic E-state index is 13.3. The first-order valence-corrected chi connectivity index (χ1v) is 9.59. The van der Waals surface area contributed by atoms with E-state index in [0.29, 0.717) is 31.4 Å². The standard InChI is InChI=1S/C21H28FN3O3/c1-4-23-20(24-14-21(3,26)19-6-5-11-27-19)25-12-15(2)28-18(13-25)16-7-9-17(22)10-8-16/h5-11,15,18,26H,4,12-14H2,1-3H3,(H,23,24). The van der Waals surface area contributed by atoms with Crippen LogP contribution in [0.3, 0.4) is 0 Å². The second kappa shape index (κ2) is 8.75. The quantitative estimate of drug-likeness (QED) is 0.608. The van der Waals surface area contributed by atoms with E-state index in [2.05, 4.69) is 15.2 Å². The van der Waals surface area contributed by atoms with Crippen LogP contribution in [0.4, 0.5) is 4.39 Å². The van der Waals surface area contributed by atoms with E-state index in [9.17, 15) is 9.50 Å². The molecule has 1 aromatic carbocycles. The van der Waals surface area contributed by atoms with Gasteiger partial charge in [-0.15, -0.1) is 0 Å². The molecule has 1 saturated heterocycles. The number of ether oxygens (including phenoxy) is 1. The van der Waals surface area contributed by atoms with Gasteiger partial charge in [-0.2, -0.15) is 0 Å². The zero-order chi connectivity index (χ0) is 20.1. The zero-order valence-corrected chi connectivity index (χ0v) is 16.6. The van der Waals surface area contributed by atoms with Crippen LogP contribution in [0.25, 0.3) is 0 Å². The van der Waals surface area contributed by atoms with Gasteiger partial charge in [-0.1, -0.05) is 12.1 Å². The number of aliphatic hydroxyl groups is 1. The summed E-state index contributed by atoms with van der Waals surface area (Å²) in [5.74, 6) is 0.919. The summed E-state index contributed by atoms with van der Waals surface area (Å²) in [4.78, 5) is 6.76. The lowest BCUT2D eigenvalue weighted by atomic mass is 10.0. The van der Waals surface area contributed by atoms with Gasteiger partial charge in [0.15, 0.2) is 5.96 Å². The van der Waals surface area contributed by atoms with Gasteiger partial charge < -0.3 is 24.5 Å². The lowest BCUT2D eigenvalue weighted by molar-refractivity contribution is -0.0606. The molecule has 0 spiro atoms. The average Bonchev–Trinajstić information content (AvgIpc) is 3.21. The number of morpholine rings is 1. The maximum Gasteiger partial charge on any atom is 0.194 e. The Bertz CT molecular complexity index is 775. The van der Waals surface area contributed by atoms with Crippen molar-refractivity contribution in [1.29, 1.82) is 0 Å². The highest BCUT2D eigenvalue weighted by atomic mass is 19.1. The van der Waals surface area contributed by atoms with Crippen LogP contribution in [0.5, 0.6) is 0 Å². The van der Waals surface area contributed by atoms with Crippen LogP contribution in [0, 0.1) is 5.82 Å². The van der Waals surface area contributed by atoms with Crippen LogP contribution >= 0.6 is 0 Å². The summed E-state index contributed by atoms with van der Waals surface area (Å²) in [6.45, 7) is 7.82. The van der Waals surface area contributed by atoms with Crippen molar-refractivity contribution in [2.24, 2.45) is 4.99 Å². The van der Waals surface area contributed by atoms with Crippen LogP contribution in [-0.2, 0) is 10.3 Å². The Balaban J connectivity index is 1.77. The molecular formula is C21H28FN3O3. The van der Waals surface area contributed by atoms with Gasteiger partial charge in [0.25, 0.3) is 0 Å². The van der Waals surface area contributed by atoms with Crippen molar-refractivity contribution in [1.82, 2.24) is 10.2 Å². The molecule has 2 aromatic rings. The fourth-order valence-corrected chi connectivity index (χ4v) is 3.30. The minimum atomic E-state index is -1.20. The lowest BCUT2D eigenvalue weighted by Gasteiger charge is -2.39. The first kappa shape index (κ1) is 20.4. The molecule has 0 aliphatic carbocycles. The number of nitrogens with zero attached hydrogens (tertiary/aromatic N) is 2. The average molecular weight is 389 g/mol. The number of rotatable bonds is 5. The number of halogens is 1. The number of aliphatic imine (C=N–C) groups is 1. The monoisotopic (exact) mass is 389 g/mol. The Morgan fingerprint density at radius 2 is 2.07 bits per heavy atom. The number of hydrogen-bond donors (Lipinski definition) is 2. The minimum Gasteiger partial charge on any atom is -0.466 e. The molecule has 7 heteroatoms. The highest BCUT2D eigenvalue weighted by Crippen LogP contribution is 2.26. The van der Waals surface area contributed by atoms with Crippen LogP contribution in [-0.4, -0.2) is 48.2 Å². The van der Waals surface area contributed by atoms with E-state index in [1.807, 2.05) is 13.8 Å². The summed E-state index contributed by atoms with van der Waals surface area (Å²) in [7, 11) is 0. The Hall–Kier alpha value is -2.38. The number of benzene rings is 1. The van der Waals surface area contributed by atoms with E-state index < -0.39 is 5.60 Å². The fraction of sp³-hybridized carbons (Fsp3) is 0.476. The summed E-state index contributed by atoms with van der Waals surface area (Å²) in [6.07, 6.45) is 1.34. The van der Waals surface area contributed by atoms with Crippen LogP contribution in [0.15, 0.2) is 52.1 Å². The SMILES string of the molecule is CCNC(=NCC(C)(O)c1ccco1)N1CC(C)OC(c2ccc(F)cc2)C1. The van der Waals surface area contributed by atoms with Gasteiger partial charge in [0.1, 0.15) is 23.3 Å². The van der Waals surface area contributed by atoms with Crippen LogP contribution in [0.2, 0.25) is 0 Å². The van der Waals surface area contributed by atoms with Gasteiger partial charge in [0.05, 0.1) is 25.5 Å². The van der Waals surface area contributed by atoms with Crippen LogP contribution in [0.1, 0.15) is 38.2 Å². The molecule has 1 fully saturated rings. The van der Waals surface area contributed by atoms with Crippen molar-refractivity contribution in [3.8, 4) is 0 Å². The van der Waals surface area contributed by atoms with Crippen molar-refractivity contribution in [2.45, 2.75) is 38.6 Å². The molecule has 0 bridgehead atoms. The van der Waals surface area contributed by atoms with Gasteiger partial charge >= 0.3 is 0 Å². The Morgan fingerprint density at radius 3 is 2.71 bits per heavy atom. The largest absolute Gasteiger partial charge is 0.466 e. The second-order valence-corrected chi connectivity index (χ2v) is 7.31. The number of hydrogen-bond acceptors (Lipinski definition) is 4. The predicted molar refractivity (Wildman–Crippen MR) is 106 cm³/mol. The van der Waals surface area contributed by atoms with Gasteiger partial charge in [-0.25, -0.2) is 9.38 Å². The third-order valence-electron chi connectivity index (χ3n) is 4.73. The molecule has 152 valence electrons. The molecule has 0 radical (unpaired) electrons. The number of furan rings is 1. The second-order valence-electron chi connectivity index (χ2n) is 7.31. The first-order chi connectivity index (χ1) is 13.4. The van der Waals surface area contributed by atoms with Crippen molar-refractivity contribution in [3.63, 3.8) is 0 Å². The molecule has 2 heterocycles. The topological polar surface area (TPSA) is 70.2 Å². The normalized spacial score (nSPS) is 22.8. The molecule has 0 amide bonds. The Kier molecular flexibility index (Phi) is 6.36. The molecule has 3 atom stereocenters. The third kappa shape index (κ3) is 4.91. The lowest BCUT2D eigenvalue weighted by Crippen LogP contribution is -2.51. The predicted octanol–water partition coefficient (Wildman–Crippen LogP) is 3.05. The summed E-state index contributed by atoms with van der Waals surface area (Å²) in [5.41, 5.74) is -0.269. The van der Waals surface area contributed by atoms with E-state index in [0.717, 1.165) is 5.56 Å². The van der Waals surface area contributed by atoms with Gasteiger partial charge in [-0.3, -0.25) is 0 Å². The molecule has 3 unspecified atom stereocenters. The molecule has 1 aliphatic heterocycles. The van der Waals surface area contributed by atoms with Gasteiger partial charge in [0.2, 0.25) is 0 Å². The molecule has 28 heavy (non-hydrogen) atoms. The van der Waals surface area contributed by atoms with Crippen molar-refractivity contribution < 1.29 is 18.7 Å². The molecule has 2 N–H and O–H groups in total. The third-order valence-corrected chi connectivity index (χ3v) is 4.73. The molecule has 1 aliphatic rings. The molecule has 3 rings (SSSR count). The smallest absolute Gasteiger partial charge is 0.194 e. The number of guanidine groups is 1. The first-order valence-electron chi connectivity index (χ1n) is 9.59. The molecular weight excluding hydrogens is 361 g/mol. The minimum absolute atomic E-state index is 0.0155. The van der Waals surface area contributed by atoms with E-state index in [-0.39, 0.29) is 24.6 Å². The summed E-state index contributed by atoms with van der Waals surface area (Å²) in [5, 5.41) is 14.0. The summed E-state index contributed by atoms with van der Waals surface area (Å²) < 4.78 is 24.7. The van der Waals surface area contributed by atoms with Gasteiger partial charge in [0, 0.05) is 13.1 Å². The molecule has 1 aromatic heterocycles. The van der Waals surface area contributed by atoms with Crippen LogP contribution < -0.4 is 5.32 Å². The Morgan fingerprint density at radius 1 is 1.32 bits per heavy atom. The van der Waals surface area contributed by atoms with E-state index >= 15 is 0 Å². The van der Waals surface area contributed by atoms with E-state index in [4.69, 9.17) is 9.15 Å². The molecule has 0 saturated carbocycles. The van der Waals surface area contributed by atoms with Gasteiger partial charge in [-0.05, 0) is 50.6 Å².